The van der Waals surface area contributed by atoms with Gasteiger partial charge in [0.15, 0.2) is 0 Å². The minimum Gasteiger partial charge on any atom is -0.349 e. The number of alkyl halides is 2. The van der Waals surface area contributed by atoms with Crippen molar-refractivity contribution in [2.75, 3.05) is 6.61 Å². The lowest BCUT2D eigenvalue weighted by atomic mass is 10.0. The first-order valence-electron chi connectivity index (χ1n) is 6.99. The third-order valence-corrected chi connectivity index (χ3v) is 8.08. The summed E-state index contributed by atoms with van der Waals surface area (Å²) in [6.45, 7) is 5.18. The van der Waals surface area contributed by atoms with Crippen molar-refractivity contribution in [3.8, 4) is 0 Å². The van der Waals surface area contributed by atoms with Crippen molar-refractivity contribution < 1.29 is 4.74 Å². The Morgan fingerprint density at radius 1 is 1.10 bits per heavy atom. The first-order chi connectivity index (χ1) is 9.83. The van der Waals surface area contributed by atoms with Crippen LogP contribution in [0.5, 0.6) is 0 Å². The van der Waals surface area contributed by atoms with Crippen molar-refractivity contribution in [2.24, 2.45) is 5.92 Å². The van der Waals surface area contributed by atoms with E-state index >= 15 is 0 Å². The summed E-state index contributed by atoms with van der Waals surface area (Å²) in [6.07, 6.45) is 4.85. The predicted molar refractivity (Wildman–Crippen MR) is 108 cm³/mol. The van der Waals surface area contributed by atoms with E-state index in [4.69, 9.17) is 4.74 Å². The van der Waals surface area contributed by atoms with E-state index in [1.807, 2.05) is 12.1 Å². The lowest BCUT2D eigenvalue weighted by Crippen LogP contribution is -2.20. The Hall–Kier alpha value is 1.58. The maximum Gasteiger partial charge on any atom is 0.204 e. The van der Waals surface area contributed by atoms with Crippen molar-refractivity contribution >= 4 is 79.6 Å². The van der Waals surface area contributed by atoms with E-state index in [1.165, 1.54) is 19.3 Å². The number of unbranched alkanes of at least 4 members (excludes halogenated alkanes) is 1. The second-order valence-electron chi connectivity index (χ2n) is 4.97. The van der Waals surface area contributed by atoms with Crippen LogP contribution in [0.2, 0.25) is 0 Å². The molecule has 1 nitrogen and oxygen atoms in total. The number of ether oxygens (including phenoxy) is 1. The van der Waals surface area contributed by atoms with Crippen LogP contribution in [0.3, 0.4) is 0 Å². The molecule has 0 fully saturated rings. The summed E-state index contributed by atoms with van der Waals surface area (Å²) in [5.74, 6) is 0.595. The highest BCUT2D eigenvalue weighted by Crippen LogP contribution is 2.46. The van der Waals surface area contributed by atoms with E-state index in [0.29, 0.717) is 5.92 Å². The zero-order valence-corrected chi connectivity index (χ0v) is 20.0. The van der Waals surface area contributed by atoms with Crippen LogP contribution in [0.4, 0.5) is 0 Å². The van der Waals surface area contributed by atoms with Gasteiger partial charge in [-0.3, -0.25) is 0 Å². The fourth-order valence-corrected chi connectivity index (χ4v) is 4.97. The lowest BCUT2D eigenvalue weighted by Gasteiger charge is -2.26. The third-order valence-electron chi connectivity index (χ3n) is 3.39. The first kappa shape index (κ1) is 20.6. The van der Waals surface area contributed by atoms with Gasteiger partial charge in [0.05, 0.1) is 6.61 Å². The molecule has 0 aliphatic heterocycles. The number of hydrogen-bond acceptors (Lipinski definition) is 1. The monoisotopic (exact) mass is 610 g/mol. The molecule has 0 saturated heterocycles. The molecule has 0 bridgehead atoms. The summed E-state index contributed by atoms with van der Waals surface area (Å²) >= 11 is 18.0. The normalized spacial score (nSPS) is 13.5. The van der Waals surface area contributed by atoms with E-state index in [1.54, 1.807) is 0 Å². The summed E-state index contributed by atoms with van der Waals surface area (Å²) in [5, 5.41) is 0. The maximum absolute atomic E-state index is 6.11. The molecule has 120 valence electrons. The summed E-state index contributed by atoms with van der Waals surface area (Å²) in [5.41, 5.74) is 1.00. The van der Waals surface area contributed by atoms with Crippen molar-refractivity contribution in [3.05, 3.63) is 31.1 Å². The average molecular weight is 615 g/mol. The third kappa shape index (κ3) is 6.18. The molecule has 1 aromatic carbocycles. The van der Waals surface area contributed by atoms with Gasteiger partial charge in [0.2, 0.25) is 3.42 Å². The fraction of sp³-hybridized carbons (Fsp3) is 0.600. The molecule has 0 aliphatic rings. The average Bonchev–Trinajstić information content (AvgIpc) is 2.44. The Balaban J connectivity index is 2.79. The van der Waals surface area contributed by atoms with E-state index in [0.717, 1.165) is 32.0 Å². The predicted octanol–water partition coefficient (Wildman–Crippen LogP) is 8.11. The summed E-state index contributed by atoms with van der Waals surface area (Å²) < 4.78 is 8.37. The highest BCUT2D eigenvalue weighted by molar-refractivity contribution is 9.24. The van der Waals surface area contributed by atoms with Crippen LogP contribution < -0.4 is 0 Å². The molecule has 1 atom stereocenters. The van der Waals surface area contributed by atoms with Crippen molar-refractivity contribution in [1.29, 1.82) is 0 Å². The van der Waals surface area contributed by atoms with Crippen molar-refractivity contribution in [3.63, 3.8) is 0 Å². The number of rotatable bonds is 8. The summed E-state index contributed by atoms with van der Waals surface area (Å²) in [7, 11) is 0. The first-order valence-corrected chi connectivity index (χ1v) is 11.0. The molecule has 0 aliphatic carbocycles. The molecule has 6 heteroatoms. The van der Waals surface area contributed by atoms with Crippen molar-refractivity contribution in [2.45, 2.75) is 43.0 Å². The highest BCUT2D eigenvalue weighted by Gasteiger charge is 2.30. The van der Waals surface area contributed by atoms with Gasteiger partial charge >= 0.3 is 0 Å². The Labute approximate surface area is 169 Å². The molecular weight excluding hydrogens is 596 g/mol. The van der Waals surface area contributed by atoms with Gasteiger partial charge in [-0.05, 0) is 98.1 Å². The molecule has 21 heavy (non-hydrogen) atoms. The second kappa shape index (κ2) is 9.77. The van der Waals surface area contributed by atoms with Gasteiger partial charge < -0.3 is 4.74 Å². The van der Waals surface area contributed by atoms with Crippen LogP contribution in [0.15, 0.2) is 25.6 Å². The van der Waals surface area contributed by atoms with E-state index in [9.17, 15) is 0 Å². The minimum atomic E-state index is -0.679. The van der Waals surface area contributed by atoms with Gasteiger partial charge in [0, 0.05) is 19.0 Å². The molecule has 1 unspecified atom stereocenters. The Morgan fingerprint density at radius 2 is 1.76 bits per heavy atom. The molecule has 1 aromatic rings. The Morgan fingerprint density at radius 3 is 2.33 bits per heavy atom. The van der Waals surface area contributed by atoms with Crippen LogP contribution in [0, 0.1) is 5.92 Å². The SMILES string of the molecule is CCCCC(CC)COC(Br)(Br)c1ccc(Br)c(Br)c1Br. The van der Waals surface area contributed by atoms with Crippen LogP contribution in [-0.2, 0) is 8.16 Å². The van der Waals surface area contributed by atoms with Crippen LogP contribution in [-0.4, -0.2) is 6.61 Å². The van der Waals surface area contributed by atoms with Gasteiger partial charge in [-0.25, -0.2) is 0 Å². The lowest BCUT2D eigenvalue weighted by molar-refractivity contribution is 0.0627. The van der Waals surface area contributed by atoms with E-state index in [2.05, 4.69) is 93.5 Å². The van der Waals surface area contributed by atoms with Gasteiger partial charge in [0.1, 0.15) is 0 Å². The molecule has 0 spiro atoms. The fourth-order valence-electron chi connectivity index (χ4n) is 1.95. The number of hydrogen-bond donors (Lipinski definition) is 0. The van der Waals surface area contributed by atoms with Crippen LogP contribution >= 0.6 is 79.6 Å². The number of benzene rings is 1. The zero-order chi connectivity index (χ0) is 16.0. The molecule has 0 saturated carbocycles. The molecule has 0 radical (unpaired) electrons. The van der Waals surface area contributed by atoms with Gasteiger partial charge in [-0.1, -0.05) is 39.2 Å². The Kier molecular flexibility index (Phi) is 9.60. The van der Waals surface area contributed by atoms with Gasteiger partial charge in [0.25, 0.3) is 0 Å². The minimum absolute atomic E-state index is 0.595. The molecule has 0 N–H and O–H groups in total. The van der Waals surface area contributed by atoms with Crippen molar-refractivity contribution in [1.82, 2.24) is 0 Å². The topological polar surface area (TPSA) is 9.23 Å². The molecule has 0 heterocycles. The molecule has 0 amide bonds. The standard InChI is InChI=1S/C15H19Br5O/c1-3-5-6-10(4-2)9-21-15(19,20)11-7-8-12(16)14(18)13(11)17/h7-8,10H,3-6,9H2,1-2H3. The summed E-state index contributed by atoms with van der Waals surface area (Å²) in [4.78, 5) is 0. The molecular formula is C15H19Br5O. The zero-order valence-electron chi connectivity index (χ0n) is 12.1. The van der Waals surface area contributed by atoms with Gasteiger partial charge in [-0.2, -0.15) is 0 Å². The highest BCUT2D eigenvalue weighted by atomic mass is 79.9. The Bertz CT molecular complexity index is 462. The molecule has 0 aromatic heterocycles. The van der Waals surface area contributed by atoms with Crippen LogP contribution in [0.25, 0.3) is 0 Å². The quantitative estimate of drug-likeness (QED) is 0.212. The summed E-state index contributed by atoms with van der Waals surface area (Å²) in [6, 6.07) is 4.02. The smallest absolute Gasteiger partial charge is 0.204 e. The van der Waals surface area contributed by atoms with E-state index < -0.39 is 3.42 Å². The van der Waals surface area contributed by atoms with E-state index in [-0.39, 0.29) is 0 Å². The van der Waals surface area contributed by atoms with Crippen LogP contribution in [0.1, 0.15) is 45.1 Å². The number of halogens is 5. The molecule has 1 rings (SSSR count). The largest absolute Gasteiger partial charge is 0.349 e. The van der Waals surface area contributed by atoms with Gasteiger partial charge in [-0.15, -0.1) is 0 Å². The maximum atomic E-state index is 6.11. The second-order valence-corrected chi connectivity index (χ2v) is 10.7.